The zero-order valence-corrected chi connectivity index (χ0v) is 11.9. The lowest BCUT2D eigenvalue weighted by Gasteiger charge is -2.16. The van der Waals surface area contributed by atoms with Crippen molar-refractivity contribution in [3.8, 4) is 0 Å². The lowest BCUT2D eigenvalue weighted by molar-refractivity contribution is 0.700. The molecule has 3 heteroatoms. The zero-order chi connectivity index (χ0) is 13.7. The van der Waals surface area contributed by atoms with Gasteiger partial charge < -0.3 is 5.32 Å². The number of nitrogens with zero attached hydrogens (tertiary/aromatic N) is 2. The topological polar surface area (TPSA) is 37.8 Å². The van der Waals surface area contributed by atoms with Gasteiger partial charge in [-0.15, -0.1) is 0 Å². The molecule has 0 amide bonds. The van der Waals surface area contributed by atoms with Gasteiger partial charge in [-0.25, -0.2) is 4.98 Å². The minimum atomic E-state index is 0.384. The van der Waals surface area contributed by atoms with E-state index in [0.717, 1.165) is 30.0 Å². The van der Waals surface area contributed by atoms with Gasteiger partial charge in [-0.2, -0.15) is 0 Å². The van der Waals surface area contributed by atoms with Gasteiger partial charge in [0.1, 0.15) is 5.82 Å². The van der Waals surface area contributed by atoms with E-state index in [0.29, 0.717) is 6.04 Å². The van der Waals surface area contributed by atoms with Crippen LogP contribution < -0.4 is 5.32 Å². The maximum atomic E-state index is 4.49. The predicted molar refractivity (Wildman–Crippen MR) is 79.4 cm³/mol. The van der Waals surface area contributed by atoms with E-state index in [9.17, 15) is 0 Å². The van der Waals surface area contributed by atoms with Crippen LogP contribution in [-0.4, -0.2) is 16.0 Å². The second-order valence-electron chi connectivity index (χ2n) is 5.02. The molecule has 0 radical (unpaired) electrons. The molecule has 0 aliphatic heterocycles. The molecule has 3 nitrogen and oxygen atoms in total. The third kappa shape index (κ3) is 4.05. The van der Waals surface area contributed by atoms with E-state index < -0.39 is 0 Å². The second-order valence-corrected chi connectivity index (χ2v) is 5.02. The Kier molecular flexibility index (Phi) is 4.50. The molecule has 19 heavy (non-hydrogen) atoms. The Morgan fingerprint density at radius 1 is 1.16 bits per heavy atom. The van der Waals surface area contributed by atoms with Gasteiger partial charge in [-0.1, -0.05) is 30.3 Å². The van der Waals surface area contributed by atoms with Crippen LogP contribution in [0.25, 0.3) is 0 Å². The lowest BCUT2D eigenvalue weighted by atomic mass is 10.1. The molecule has 0 saturated carbocycles. The first kappa shape index (κ1) is 13.5. The first-order valence-corrected chi connectivity index (χ1v) is 6.76. The number of hydrogen-bond acceptors (Lipinski definition) is 3. The highest BCUT2D eigenvalue weighted by atomic mass is 15.0. The first-order chi connectivity index (χ1) is 9.15. The predicted octanol–water partition coefficient (Wildman–Crippen LogP) is 3.53. The van der Waals surface area contributed by atoms with Crippen LogP contribution in [0.2, 0.25) is 0 Å². The monoisotopic (exact) mass is 255 g/mol. The number of anilines is 1. The molecule has 0 fully saturated rings. The molecule has 0 aliphatic rings. The van der Waals surface area contributed by atoms with Crippen molar-refractivity contribution in [3.05, 3.63) is 53.5 Å². The van der Waals surface area contributed by atoms with Gasteiger partial charge in [-0.05, 0) is 39.2 Å². The Balaban J connectivity index is 1.90. The fraction of sp³-hybridized carbons (Fsp3) is 0.375. The van der Waals surface area contributed by atoms with Gasteiger partial charge in [0.2, 0.25) is 0 Å². The lowest BCUT2D eigenvalue weighted by Crippen LogP contribution is -2.18. The van der Waals surface area contributed by atoms with Crippen LogP contribution in [0, 0.1) is 13.8 Å². The number of rotatable bonds is 5. The third-order valence-electron chi connectivity index (χ3n) is 3.17. The molecule has 0 spiro atoms. The van der Waals surface area contributed by atoms with Crippen molar-refractivity contribution in [1.82, 2.24) is 9.97 Å². The maximum absolute atomic E-state index is 4.49. The van der Waals surface area contributed by atoms with Gasteiger partial charge in [0.25, 0.3) is 0 Å². The molecule has 0 aliphatic carbocycles. The van der Waals surface area contributed by atoms with Crippen LogP contribution in [-0.2, 0) is 6.42 Å². The summed E-state index contributed by atoms with van der Waals surface area (Å²) in [5, 5.41) is 3.45. The van der Waals surface area contributed by atoms with E-state index in [4.69, 9.17) is 0 Å². The van der Waals surface area contributed by atoms with Crippen LogP contribution in [0.15, 0.2) is 36.5 Å². The molecule has 1 unspecified atom stereocenters. The average Bonchev–Trinajstić information content (AvgIpc) is 2.42. The quantitative estimate of drug-likeness (QED) is 0.888. The fourth-order valence-electron chi connectivity index (χ4n) is 2.01. The molecular formula is C16H21N3. The smallest absolute Gasteiger partial charge is 0.147 e. The van der Waals surface area contributed by atoms with E-state index in [1.165, 1.54) is 5.56 Å². The highest BCUT2D eigenvalue weighted by Gasteiger charge is 2.07. The molecule has 1 aromatic heterocycles. The van der Waals surface area contributed by atoms with Gasteiger partial charge >= 0.3 is 0 Å². The summed E-state index contributed by atoms with van der Waals surface area (Å²) >= 11 is 0. The van der Waals surface area contributed by atoms with E-state index in [-0.39, 0.29) is 0 Å². The summed E-state index contributed by atoms with van der Waals surface area (Å²) in [6, 6.07) is 11.0. The van der Waals surface area contributed by atoms with Crippen LogP contribution in [0.4, 0.5) is 5.82 Å². The van der Waals surface area contributed by atoms with Crippen molar-refractivity contribution in [1.29, 1.82) is 0 Å². The third-order valence-corrected chi connectivity index (χ3v) is 3.17. The Hall–Kier alpha value is -1.90. The van der Waals surface area contributed by atoms with Gasteiger partial charge in [0.05, 0.1) is 11.4 Å². The van der Waals surface area contributed by atoms with Crippen LogP contribution >= 0.6 is 0 Å². The largest absolute Gasteiger partial charge is 0.366 e. The Labute approximate surface area is 115 Å². The zero-order valence-electron chi connectivity index (χ0n) is 11.9. The summed E-state index contributed by atoms with van der Waals surface area (Å²) in [6.07, 6.45) is 3.96. The van der Waals surface area contributed by atoms with E-state index in [2.05, 4.69) is 52.5 Å². The summed E-state index contributed by atoms with van der Waals surface area (Å²) in [5.41, 5.74) is 3.28. The highest BCUT2D eigenvalue weighted by Crippen LogP contribution is 2.13. The number of aromatic nitrogens is 2. The molecular weight excluding hydrogens is 234 g/mol. The molecule has 1 N–H and O–H groups in total. The van der Waals surface area contributed by atoms with Crippen LogP contribution in [0.5, 0.6) is 0 Å². The molecule has 0 bridgehead atoms. The summed E-state index contributed by atoms with van der Waals surface area (Å²) in [4.78, 5) is 8.82. The number of nitrogens with one attached hydrogen (secondary N) is 1. The molecule has 0 saturated heterocycles. The number of benzene rings is 1. The van der Waals surface area contributed by atoms with Crippen LogP contribution in [0.3, 0.4) is 0 Å². The average molecular weight is 255 g/mol. The Morgan fingerprint density at radius 3 is 2.63 bits per heavy atom. The number of hydrogen-bond donors (Lipinski definition) is 1. The van der Waals surface area contributed by atoms with Gasteiger partial charge in [0.15, 0.2) is 0 Å². The molecule has 1 aromatic carbocycles. The highest BCUT2D eigenvalue weighted by molar-refractivity contribution is 5.40. The van der Waals surface area contributed by atoms with E-state index in [1.807, 2.05) is 13.8 Å². The summed E-state index contributed by atoms with van der Waals surface area (Å²) in [6.45, 7) is 6.14. The fourth-order valence-corrected chi connectivity index (χ4v) is 2.01. The minimum absolute atomic E-state index is 0.384. The van der Waals surface area contributed by atoms with Crippen molar-refractivity contribution in [2.24, 2.45) is 0 Å². The molecule has 2 aromatic rings. The normalized spacial score (nSPS) is 12.2. The van der Waals surface area contributed by atoms with Crippen molar-refractivity contribution < 1.29 is 0 Å². The standard InChI is InChI=1S/C16H21N3/c1-12(9-10-15-7-5-4-6-8-15)18-16-14(3)17-11-13(2)19-16/h4-8,11-12H,9-10H2,1-3H3,(H,18,19). The van der Waals surface area contributed by atoms with Crippen molar-refractivity contribution >= 4 is 5.82 Å². The summed E-state index contributed by atoms with van der Waals surface area (Å²) in [7, 11) is 0. The van der Waals surface area contributed by atoms with Crippen molar-refractivity contribution in [2.75, 3.05) is 5.32 Å². The molecule has 100 valence electrons. The Bertz CT molecular complexity index is 523. The first-order valence-electron chi connectivity index (χ1n) is 6.76. The second kappa shape index (κ2) is 6.32. The van der Waals surface area contributed by atoms with E-state index in [1.54, 1.807) is 6.20 Å². The SMILES string of the molecule is Cc1cnc(C)c(NC(C)CCc2ccccc2)n1. The minimum Gasteiger partial charge on any atom is -0.366 e. The Morgan fingerprint density at radius 2 is 1.89 bits per heavy atom. The summed E-state index contributed by atoms with van der Waals surface area (Å²) < 4.78 is 0. The van der Waals surface area contributed by atoms with Crippen molar-refractivity contribution in [2.45, 2.75) is 39.7 Å². The van der Waals surface area contributed by atoms with Gasteiger partial charge in [0, 0.05) is 12.2 Å². The summed E-state index contributed by atoms with van der Waals surface area (Å²) in [5.74, 6) is 0.903. The van der Waals surface area contributed by atoms with E-state index >= 15 is 0 Å². The molecule has 2 rings (SSSR count). The van der Waals surface area contributed by atoms with Crippen LogP contribution in [0.1, 0.15) is 30.3 Å². The van der Waals surface area contributed by atoms with Gasteiger partial charge in [-0.3, -0.25) is 4.98 Å². The van der Waals surface area contributed by atoms with Crippen molar-refractivity contribution in [3.63, 3.8) is 0 Å². The number of aryl methyl sites for hydroxylation is 3. The molecule has 1 atom stereocenters. The maximum Gasteiger partial charge on any atom is 0.147 e. The molecule has 1 heterocycles.